The summed E-state index contributed by atoms with van der Waals surface area (Å²) in [4.78, 5) is 21.2. The molecule has 0 amide bonds. The van der Waals surface area contributed by atoms with E-state index in [9.17, 15) is 13.2 Å². The Kier molecular flexibility index (Phi) is 10.1. The summed E-state index contributed by atoms with van der Waals surface area (Å²) in [6.45, 7) is 5.36. The predicted molar refractivity (Wildman–Crippen MR) is 150 cm³/mol. The van der Waals surface area contributed by atoms with E-state index in [0.717, 1.165) is 15.5 Å². The Hall–Kier alpha value is -3.97. The van der Waals surface area contributed by atoms with E-state index in [1.54, 1.807) is 18.2 Å². The molecule has 0 spiro atoms. The smallest absolute Gasteiger partial charge is 0.395 e. The van der Waals surface area contributed by atoms with Crippen LogP contribution < -0.4 is 4.90 Å². The van der Waals surface area contributed by atoms with Crippen LogP contribution in [0.4, 0.5) is 36.2 Å². The number of halogens is 3. The summed E-state index contributed by atoms with van der Waals surface area (Å²) < 4.78 is 41.4. The SMILES string of the molecule is CCN(CC)c1ccc(N=Nc2nc(Sc3ccccc3)nc(Sc3ccccc3)n2)c(N=COC(F)(F)F)c1. The summed E-state index contributed by atoms with van der Waals surface area (Å²) in [7, 11) is 0. The van der Waals surface area contributed by atoms with Crippen molar-refractivity contribution in [3.05, 3.63) is 78.9 Å². The minimum absolute atomic E-state index is 0.0427. The first-order valence-electron chi connectivity index (χ1n) is 12.1. The van der Waals surface area contributed by atoms with Gasteiger partial charge in [0.2, 0.25) is 0 Å². The lowest BCUT2D eigenvalue weighted by molar-refractivity contribution is -0.280. The highest BCUT2D eigenvalue weighted by molar-refractivity contribution is 7.99. The quantitative estimate of drug-likeness (QED) is 0.0992. The molecule has 8 nitrogen and oxygen atoms in total. The minimum atomic E-state index is -4.85. The maximum atomic E-state index is 12.5. The van der Waals surface area contributed by atoms with Crippen LogP contribution in [-0.2, 0) is 4.74 Å². The summed E-state index contributed by atoms with van der Waals surface area (Å²) in [6.07, 6.45) is -4.52. The molecule has 1 heterocycles. The van der Waals surface area contributed by atoms with Gasteiger partial charge in [-0.15, -0.1) is 23.4 Å². The van der Waals surface area contributed by atoms with Crippen molar-refractivity contribution in [2.45, 2.75) is 40.3 Å². The molecule has 4 rings (SSSR count). The van der Waals surface area contributed by atoms with Crippen LogP contribution in [0.15, 0.2) is 114 Å². The average Bonchev–Trinajstić information content (AvgIpc) is 2.93. The van der Waals surface area contributed by atoms with Crippen LogP contribution in [0.25, 0.3) is 0 Å². The zero-order valence-electron chi connectivity index (χ0n) is 21.5. The Labute approximate surface area is 237 Å². The topological polar surface area (TPSA) is 88.2 Å². The van der Waals surface area contributed by atoms with E-state index in [0.29, 0.717) is 29.8 Å². The first-order valence-corrected chi connectivity index (χ1v) is 13.8. The Bertz CT molecular complexity index is 1390. The zero-order chi connectivity index (χ0) is 28.4. The van der Waals surface area contributed by atoms with Crippen molar-refractivity contribution in [3.8, 4) is 0 Å². The van der Waals surface area contributed by atoms with Gasteiger partial charge in [-0.3, -0.25) is 0 Å². The van der Waals surface area contributed by atoms with E-state index < -0.39 is 6.36 Å². The fourth-order valence-corrected chi connectivity index (χ4v) is 4.96. The number of azo groups is 1. The van der Waals surface area contributed by atoms with Crippen molar-refractivity contribution < 1.29 is 17.9 Å². The van der Waals surface area contributed by atoms with Gasteiger partial charge in [0.05, 0.1) is 5.69 Å². The molecule has 13 heteroatoms. The first kappa shape index (κ1) is 29.0. The summed E-state index contributed by atoms with van der Waals surface area (Å²) in [6, 6.07) is 24.3. The van der Waals surface area contributed by atoms with Gasteiger partial charge in [-0.2, -0.15) is 15.0 Å². The van der Waals surface area contributed by atoms with Gasteiger partial charge in [-0.1, -0.05) is 36.4 Å². The van der Waals surface area contributed by atoms with Gasteiger partial charge < -0.3 is 9.64 Å². The van der Waals surface area contributed by atoms with E-state index in [-0.39, 0.29) is 17.3 Å². The van der Waals surface area contributed by atoms with Crippen LogP contribution in [0.3, 0.4) is 0 Å². The van der Waals surface area contributed by atoms with Crippen molar-refractivity contribution in [2.24, 2.45) is 15.2 Å². The van der Waals surface area contributed by atoms with Gasteiger partial charge in [0.1, 0.15) is 5.69 Å². The van der Waals surface area contributed by atoms with E-state index in [1.165, 1.54) is 23.5 Å². The molecule has 0 saturated carbocycles. The van der Waals surface area contributed by atoms with Crippen LogP contribution in [0.1, 0.15) is 13.8 Å². The first-order chi connectivity index (χ1) is 19.3. The molecule has 0 radical (unpaired) electrons. The Morgan fingerprint density at radius 3 is 1.88 bits per heavy atom. The third kappa shape index (κ3) is 8.78. The second-order valence-electron chi connectivity index (χ2n) is 7.87. The fraction of sp³-hybridized carbons (Fsp3) is 0.185. The van der Waals surface area contributed by atoms with Gasteiger partial charge in [-0.25, -0.2) is 4.99 Å². The van der Waals surface area contributed by atoms with Crippen molar-refractivity contribution in [2.75, 3.05) is 18.0 Å². The Morgan fingerprint density at radius 2 is 1.35 bits per heavy atom. The van der Waals surface area contributed by atoms with Crippen molar-refractivity contribution in [1.29, 1.82) is 0 Å². The van der Waals surface area contributed by atoms with Gasteiger partial charge in [0, 0.05) is 28.6 Å². The lowest BCUT2D eigenvalue weighted by atomic mass is 10.2. The molecule has 0 atom stereocenters. The highest BCUT2D eigenvalue weighted by Gasteiger charge is 2.29. The summed E-state index contributed by atoms with van der Waals surface area (Å²) >= 11 is 2.69. The Balaban J connectivity index is 1.68. The third-order valence-electron chi connectivity index (χ3n) is 5.20. The standard InChI is InChI=1S/C27H24F3N7OS2/c1-3-37(4-2)19-15-16-22(23(17-19)31-18-38-27(28,29)30)35-36-24-32-25(39-20-11-7-5-8-12-20)34-26(33-24)40-21-13-9-6-10-14-21/h5-18H,3-4H2,1-2H3. The number of rotatable bonds is 11. The van der Waals surface area contributed by atoms with E-state index in [2.05, 4.69) is 34.9 Å². The second-order valence-corrected chi connectivity index (χ2v) is 9.96. The molecule has 0 unspecified atom stereocenters. The fourth-order valence-electron chi connectivity index (χ4n) is 3.38. The Morgan fingerprint density at radius 1 is 0.775 bits per heavy atom. The van der Waals surface area contributed by atoms with Gasteiger partial charge in [0.15, 0.2) is 16.7 Å². The molecular weight excluding hydrogens is 559 g/mol. The second kappa shape index (κ2) is 13.9. The van der Waals surface area contributed by atoms with E-state index >= 15 is 0 Å². The summed E-state index contributed by atoms with van der Waals surface area (Å²) in [5, 5.41) is 9.26. The molecule has 0 aliphatic heterocycles. The monoisotopic (exact) mass is 583 g/mol. The van der Waals surface area contributed by atoms with Crippen LogP contribution in [0.5, 0.6) is 0 Å². The number of aromatic nitrogens is 3. The number of benzene rings is 3. The third-order valence-corrected chi connectivity index (χ3v) is 6.95. The number of nitrogens with zero attached hydrogens (tertiary/aromatic N) is 7. The normalized spacial score (nSPS) is 11.8. The highest BCUT2D eigenvalue weighted by atomic mass is 32.2. The van der Waals surface area contributed by atoms with E-state index in [1.807, 2.05) is 79.4 Å². The molecule has 4 aromatic rings. The maximum Gasteiger partial charge on any atom is 0.573 e. The molecule has 1 aromatic heterocycles. The molecule has 0 saturated heterocycles. The molecule has 0 bridgehead atoms. The number of aliphatic imine (C=N–C) groups is 1. The number of alkyl halides is 3. The largest absolute Gasteiger partial charge is 0.573 e. The van der Waals surface area contributed by atoms with Crippen LogP contribution in [-0.4, -0.2) is 40.8 Å². The molecule has 0 aliphatic carbocycles. The van der Waals surface area contributed by atoms with E-state index in [4.69, 9.17) is 0 Å². The molecule has 40 heavy (non-hydrogen) atoms. The highest BCUT2D eigenvalue weighted by Crippen LogP contribution is 2.35. The van der Waals surface area contributed by atoms with Gasteiger partial charge in [0.25, 0.3) is 5.95 Å². The van der Waals surface area contributed by atoms with Gasteiger partial charge >= 0.3 is 6.36 Å². The molecule has 0 fully saturated rings. The minimum Gasteiger partial charge on any atom is -0.395 e. The maximum absolute atomic E-state index is 12.5. The number of anilines is 1. The molecular formula is C27H24F3N7OS2. The summed E-state index contributed by atoms with van der Waals surface area (Å²) in [5.41, 5.74) is 1.13. The molecule has 0 N–H and O–H groups in total. The zero-order valence-corrected chi connectivity index (χ0v) is 23.1. The average molecular weight is 584 g/mol. The van der Waals surface area contributed by atoms with Crippen molar-refractivity contribution >= 4 is 52.9 Å². The molecule has 3 aromatic carbocycles. The van der Waals surface area contributed by atoms with Crippen molar-refractivity contribution in [3.63, 3.8) is 0 Å². The number of hydrogen-bond acceptors (Lipinski definition) is 10. The van der Waals surface area contributed by atoms with Crippen LogP contribution in [0.2, 0.25) is 0 Å². The van der Waals surface area contributed by atoms with Gasteiger partial charge in [-0.05, 0) is 79.8 Å². The van der Waals surface area contributed by atoms with Crippen LogP contribution in [0, 0.1) is 0 Å². The molecule has 206 valence electrons. The lowest BCUT2D eigenvalue weighted by Crippen LogP contribution is -2.21. The lowest BCUT2D eigenvalue weighted by Gasteiger charge is -2.21. The predicted octanol–water partition coefficient (Wildman–Crippen LogP) is 8.63. The number of ether oxygens (including phenoxy) is 1. The summed E-state index contributed by atoms with van der Waals surface area (Å²) in [5.74, 6) is 0.0427. The molecule has 0 aliphatic rings. The number of hydrogen-bond donors (Lipinski definition) is 0. The van der Waals surface area contributed by atoms with Crippen LogP contribution >= 0.6 is 23.5 Å². The van der Waals surface area contributed by atoms with Crippen molar-refractivity contribution in [1.82, 2.24) is 15.0 Å².